The molecule has 0 aliphatic heterocycles. The number of hydrogen-bond acceptors (Lipinski definition) is 3. The van der Waals surface area contributed by atoms with Gasteiger partial charge in [0.1, 0.15) is 0 Å². The number of aromatic nitrogens is 2. The van der Waals surface area contributed by atoms with Gasteiger partial charge in [0.2, 0.25) is 0 Å². The van der Waals surface area contributed by atoms with E-state index >= 15 is 0 Å². The van der Waals surface area contributed by atoms with E-state index in [0.29, 0.717) is 6.04 Å². The molecule has 0 fully saturated rings. The van der Waals surface area contributed by atoms with Gasteiger partial charge in [-0.05, 0) is 18.7 Å². The van der Waals surface area contributed by atoms with Crippen LogP contribution in [-0.2, 0) is 7.05 Å². The molecule has 1 aromatic carbocycles. The number of aryl methyl sites for hydroxylation is 1. The second-order valence-electron chi connectivity index (χ2n) is 4.30. The van der Waals surface area contributed by atoms with Crippen molar-refractivity contribution in [2.45, 2.75) is 17.9 Å². The number of rotatable bonds is 6. The minimum Gasteiger partial charge on any atom is -0.309 e. The SMILES string of the molecule is CCNC(CSc1ccccc1Cl)c1cnn(C)c1. The van der Waals surface area contributed by atoms with Crippen molar-refractivity contribution in [3.63, 3.8) is 0 Å². The first-order valence-corrected chi connectivity index (χ1v) is 7.66. The molecule has 0 spiro atoms. The summed E-state index contributed by atoms with van der Waals surface area (Å²) >= 11 is 7.94. The standard InChI is InChI=1S/C14H18ClN3S/c1-3-16-13(11-8-17-18(2)9-11)10-19-14-7-5-4-6-12(14)15/h4-9,13,16H,3,10H2,1-2H3. The van der Waals surface area contributed by atoms with E-state index in [1.54, 1.807) is 11.8 Å². The molecule has 1 aromatic heterocycles. The van der Waals surface area contributed by atoms with Crippen molar-refractivity contribution >= 4 is 23.4 Å². The van der Waals surface area contributed by atoms with Crippen LogP contribution in [0.2, 0.25) is 5.02 Å². The van der Waals surface area contributed by atoms with E-state index in [1.165, 1.54) is 5.56 Å². The highest BCUT2D eigenvalue weighted by Crippen LogP contribution is 2.29. The van der Waals surface area contributed by atoms with Gasteiger partial charge in [0, 0.05) is 35.5 Å². The van der Waals surface area contributed by atoms with Crippen LogP contribution in [-0.4, -0.2) is 22.1 Å². The molecule has 0 aliphatic rings. The molecule has 0 aliphatic carbocycles. The average Bonchev–Trinajstić information content (AvgIpc) is 2.83. The Hall–Kier alpha value is -0.970. The van der Waals surface area contributed by atoms with Crippen LogP contribution in [0.5, 0.6) is 0 Å². The largest absolute Gasteiger partial charge is 0.309 e. The number of nitrogens with one attached hydrogen (secondary N) is 1. The van der Waals surface area contributed by atoms with Gasteiger partial charge in [0.05, 0.1) is 11.2 Å². The van der Waals surface area contributed by atoms with Crippen LogP contribution in [0.3, 0.4) is 0 Å². The Morgan fingerprint density at radius 3 is 2.84 bits per heavy atom. The molecule has 1 unspecified atom stereocenters. The molecular weight excluding hydrogens is 278 g/mol. The van der Waals surface area contributed by atoms with E-state index in [0.717, 1.165) is 22.2 Å². The first-order chi connectivity index (χ1) is 9.20. The number of nitrogens with zero attached hydrogens (tertiary/aromatic N) is 2. The highest BCUT2D eigenvalue weighted by Gasteiger charge is 2.13. The predicted octanol–water partition coefficient (Wildman–Crippen LogP) is 3.52. The van der Waals surface area contributed by atoms with Crippen LogP contribution in [0, 0.1) is 0 Å². The summed E-state index contributed by atoms with van der Waals surface area (Å²) in [7, 11) is 1.94. The molecule has 2 aromatic rings. The molecule has 0 saturated carbocycles. The summed E-state index contributed by atoms with van der Waals surface area (Å²) < 4.78 is 1.83. The Balaban J connectivity index is 2.03. The Morgan fingerprint density at radius 1 is 1.42 bits per heavy atom. The van der Waals surface area contributed by atoms with Crippen LogP contribution < -0.4 is 5.32 Å². The quantitative estimate of drug-likeness (QED) is 0.827. The number of benzene rings is 1. The third-order valence-corrected chi connectivity index (χ3v) is 4.43. The molecular formula is C14H18ClN3S. The highest BCUT2D eigenvalue weighted by molar-refractivity contribution is 7.99. The second kappa shape index (κ2) is 6.98. The molecule has 1 N–H and O–H groups in total. The van der Waals surface area contributed by atoms with Gasteiger partial charge >= 0.3 is 0 Å². The predicted molar refractivity (Wildman–Crippen MR) is 81.8 cm³/mol. The molecule has 0 bridgehead atoms. The van der Waals surface area contributed by atoms with Gasteiger partial charge < -0.3 is 5.32 Å². The second-order valence-corrected chi connectivity index (χ2v) is 5.77. The summed E-state index contributed by atoms with van der Waals surface area (Å²) in [6.07, 6.45) is 3.97. The third kappa shape index (κ3) is 4.00. The lowest BCUT2D eigenvalue weighted by molar-refractivity contribution is 0.605. The normalized spacial score (nSPS) is 12.6. The molecule has 5 heteroatoms. The van der Waals surface area contributed by atoms with Crippen molar-refractivity contribution in [1.29, 1.82) is 0 Å². The zero-order valence-electron chi connectivity index (χ0n) is 11.1. The Labute approximate surface area is 123 Å². The maximum absolute atomic E-state index is 6.18. The van der Waals surface area contributed by atoms with E-state index in [2.05, 4.69) is 29.6 Å². The zero-order valence-corrected chi connectivity index (χ0v) is 12.7. The molecule has 0 radical (unpaired) electrons. The maximum atomic E-state index is 6.18. The summed E-state index contributed by atoms with van der Waals surface area (Å²) in [4.78, 5) is 1.12. The fourth-order valence-electron chi connectivity index (χ4n) is 1.87. The molecule has 1 heterocycles. The van der Waals surface area contributed by atoms with E-state index in [9.17, 15) is 0 Å². The van der Waals surface area contributed by atoms with Crippen LogP contribution in [0.4, 0.5) is 0 Å². The topological polar surface area (TPSA) is 29.9 Å². The van der Waals surface area contributed by atoms with Crippen molar-refractivity contribution in [3.05, 3.63) is 47.2 Å². The molecule has 102 valence electrons. The number of halogens is 1. The Morgan fingerprint density at radius 2 is 2.21 bits per heavy atom. The van der Waals surface area contributed by atoms with Crippen molar-refractivity contribution in [2.75, 3.05) is 12.3 Å². The average molecular weight is 296 g/mol. The van der Waals surface area contributed by atoms with E-state index in [1.807, 2.05) is 36.1 Å². The maximum Gasteiger partial charge on any atom is 0.0541 e. The molecule has 2 rings (SSSR count). The summed E-state index contributed by atoms with van der Waals surface area (Å²) in [6, 6.07) is 8.24. The van der Waals surface area contributed by atoms with Crippen molar-refractivity contribution in [2.24, 2.45) is 7.05 Å². The van der Waals surface area contributed by atoms with E-state index < -0.39 is 0 Å². The highest BCUT2D eigenvalue weighted by atomic mass is 35.5. The van der Waals surface area contributed by atoms with Gasteiger partial charge in [-0.3, -0.25) is 4.68 Å². The minimum atomic E-state index is 0.292. The van der Waals surface area contributed by atoms with Crippen LogP contribution in [0.25, 0.3) is 0 Å². The van der Waals surface area contributed by atoms with Gasteiger partial charge in [-0.15, -0.1) is 11.8 Å². The Kier molecular flexibility index (Phi) is 5.31. The van der Waals surface area contributed by atoms with Gasteiger partial charge in [0.25, 0.3) is 0 Å². The summed E-state index contributed by atoms with van der Waals surface area (Å²) in [5.41, 5.74) is 1.21. The van der Waals surface area contributed by atoms with Crippen molar-refractivity contribution in [3.8, 4) is 0 Å². The molecule has 19 heavy (non-hydrogen) atoms. The van der Waals surface area contributed by atoms with Crippen molar-refractivity contribution < 1.29 is 0 Å². The fraction of sp³-hybridized carbons (Fsp3) is 0.357. The lowest BCUT2D eigenvalue weighted by Gasteiger charge is -2.16. The minimum absolute atomic E-state index is 0.292. The Bertz CT molecular complexity index is 527. The first kappa shape index (κ1) is 14.4. The number of thioether (sulfide) groups is 1. The van der Waals surface area contributed by atoms with Crippen LogP contribution in [0.1, 0.15) is 18.5 Å². The fourth-order valence-corrected chi connectivity index (χ4v) is 3.21. The lowest BCUT2D eigenvalue weighted by Crippen LogP contribution is -2.22. The van der Waals surface area contributed by atoms with Gasteiger partial charge in [-0.25, -0.2) is 0 Å². The van der Waals surface area contributed by atoms with Crippen LogP contribution >= 0.6 is 23.4 Å². The van der Waals surface area contributed by atoms with Gasteiger partial charge in [-0.2, -0.15) is 5.10 Å². The molecule has 1 atom stereocenters. The van der Waals surface area contributed by atoms with E-state index in [4.69, 9.17) is 11.6 Å². The van der Waals surface area contributed by atoms with Gasteiger partial charge in [-0.1, -0.05) is 30.7 Å². The summed E-state index contributed by atoms with van der Waals surface area (Å²) in [6.45, 7) is 3.05. The zero-order chi connectivity index (χ0) is 13.7. The molecule has 3 nitrogen and oxygen atoms in total. The molecule has 0 amide bonds. The first-order valence-electron chi connectivity index (χ1n) is 6.30. The smallest absolute Gasteiger partial charge is 0.0541 e. The van der Waals surface area contributed by atoms with Gasteiger partial charge in [0.15, 0.2) is 0 Å². The monoisotopic (exact) mass is 295 g/mol. The molecule has 0 saturated heterocycles. The number of hydrogen-bond donors (Lipinski definition) is 1. The summed E-state index contributed by atoms with van der Waals surface area (Å²) in [5.74, 6) is 0.934. The third-order valence-electron chi connectivity index (χ3n) is 2.82. The van der Waals surface area contributed by atoms with Crippen LogP contribution in [0.15, 0.2) is 41.6 Å². The van der Waals surface area contributed by atoms with E-state index in [-0.39, 0.29) is 0 Å². The summed E-state index contributed by atoms with van der Waals surface area (Å²) in [5, 5.41) is 8.53. The lowest BCUT2D eigenvalue weighted by atomic mass is 10.2. The van der Waals surface area contributed by atoms with Crippen molar-refractivity contribution in [1.82, 2.24) is 15.1 Å².